The Labute approximate surface area is 114 Å². The van der Waals surface area contributed by atoms with Crippen LogP contribution in [-0.2, 0) is 6.54 Å². The van der Waals surface area contributed by atoms with Gasteiger partial charge in [0, 0.05) is 23.7 Å². The van der Waals surface area contributed by atoms with Crippen LogP contribution >= 0.6 is 11.3 Å². The minimum Gasteiger partial charge on any atom is -0.375 e. The molecular formula is C13H15F2N3S. The van der Waals surface area contributed by atoms with Crippen LogP contribution in [0.3, 0.4) is 0 Å². The lowest BCUT2D eigenvalue weighted by atomic mass is 10.1. The quantitative estimate of drug-likeness (QED) is 0.937. The summed E-state index contributed by atoms with van der Waals surface area (Å²) in [5.41, 5.74) is 6.31. The molecule has 1 atom stereocenters. The van der Waals surface area contributed by atoms with Crippen LogP contribution in [0.25, 0.3) is 0 Å². The summed E-state index contributed by atoms with van der Waals surface area (Å²) in [6.07, 6.45) is 1.73. The first-order valence-corrected chi connectivity index (χ1v) is 6.64. The first-order valence-electron chi connectivity index (χ1n) is 5.82. The number of rotatable bonds is 4. The monoisotopic (exact) mass is 283 g/mol. The van der Waals surface area contributed by atoms with E-state index in [1.54, 1.807) is 12.3 Å². The number of nitrogens with zero attached hydrogens (tertiary/aromatic N) is 2. The van der Waals surface area contributed by atoms with E-state index < -0.39 is 11.6 Å². The molecule has 0 aliphatic heterocycles. The molecule has 102 valence electrons. The molecule has 0 fully saturated rings. The third-order valence-electron chi connectivity index (χ3n) is 3.06. The number of nitrogens with two attached hydrogens (primary N) is 1. The third kappa shape index (κ3) is 3.27. The topological polar surface area (TPSA) is 42.2 Å². The summed E-state index contributed by atoms with van der Waals surface area (Å²) in [6, 6.07) is 3.95. The lowest BCUT2D eigenvalue weighted by Gasteiger charge is -2.24. The smallest absolute Gasteiger partial charge is 0.180 e. The van der Waals surface area contributed by atoms with E-state index in [0.29, 0.717) is 11.7 Å². The second kappa shape index (κ2) is 5.63. The zero-order chi connectivity index (χ0) is 14.0. The minimum atomic E-state index is -0.825. The fourth-order valence-electron chi connectivity index (χ4n) is 1.81. The van der Waals surface area contributed by atoms with Gasteiger partial charge in [-0.1, -0.05) is 6.07 Å². The molecule has 0 saturated carbocycles. The second-order valence-corrected chi connectivity index (χ2v) is 5.58. The predicted molar refractivity (Wildman–Crippen MR) is 72.8 cm³/mol. The van der Waals surface area contributed by atoms with Gasteiger partial charge in [0.25, 0.3) is 0 Å². The molecule has 2 rings (SSSR count). The molecule has 2 N–H and O–H groups in total. The normalized spacial score (nSPS) is 12.9. The molecule has 0 aliphatic rings. The van der Waals surface area contributed by atoms with Crippen molar-refractivity contribution in [2.45, 2.75) is 19.5 Å². The number of thiazole rings is 1. The minimum absolute atomic E-state index is 0.0292. The van der Waals surface area contributed by atoms with Gasteiger partial charge in [-0.3, -0.25) is 4.90 Å². The van der Waals surface area contributed by atoms with Crippen LogP contribution in [0.2, 0.25) is 0 Å². The Morgan fingerprint density at radius 2 is 2.11 bits per heavy atom. The van der Waals surface area contributed by atoms with Crippen LogP contribution in [0.5, 0.6) is 0 Å². The standard InChI is InChI=1S/C13H15F2N3S/c1-8(9-3-4-11(14)12(15)5-9)18(2)7-10-6-17-13(16)19-10/h3-6,8H,7H2,1-2H3,(H2,16,17). The Morgan fingerprint density at radius 1 is 1.37 bits per heavy atom. The van der Waals surface area contributed by atoms with Crippen molar-refractivity contribution in [1.82, 2.24) is 9.88 Å². The Morgan fingerprint density at radius 3 is 2.68 bits per heavy atom. The molecule has 1 aromatic carbocycles. The number of hydrogen-bond acceptors (Lipinski definition) is 4. The highest BCUT2D eigenvalue weighted by Crippen LogP contribution is 2.24. The van der Waals surface area contributed by atoms with Crippen molar-refractivity contribution in [2.75, 3.05) is 12.8 Å². The molecule has 2 aromatic rings. The van der Waals surface area contributed by atoms with Crippen molar-refractivity contribution in [3.8, 4) is 0 Å². The Bertz CT molecular complexity index is 571. The summed E-state index contributed by atoms with van der Waals surface area (Å²) >= 11 is 1.43. The Hall–Kier alpha value is -1.53. The zero-order valence-corrected chi connectivity index (χ0v) is 11.5. The molecule has 19 heavy (non-hydrogen) atoms. The van der Waals surface area contributed by atoms with E-state index in [4.69, 9.17) is 5.73 Å². The summed E-state index contributed by atoms with van der Waals surface area (Å²) < 4.78 is 26.1. The van der Waals surface area contributed by atoms with Gasteiger partial charge >= 0.3 is 0 Å². The Balaban J connectivity index is 2.09. The molecule has 1 unspecified atom stereocenters. The third-order valence-corrected chi connectivity index (χ3v) is 3.88. The summed E-state index contributed by atoms with van der Waals surface area (Å²) in [5.74, 6) is -1.64. The van der Waals surface area contributed by atoms with Crippen molar-refractivity contribution in [2.24, 2.45) is 0 Å². The van der Waals surface area contributed by atoms with Crippen LogP contribution in [0.15, 0.2) is 24.4 Å². The lowest BCUT2D eigenvalue weighted by Crippen LogP contribution is -2.21. The van der Waals surface area contributed by atoms with Gasteiger partial charge in [0.05, 0.1) is 0 Å². The fourth-order valence-corrected chi connectivity index (χ4v) is 2.55. The van der Waals surface area contributed by atoms with Gasteiger partial charge in [-0.25, -0.2) is 13.8 Å². The SMILES string of the molecule is CC(c1ccc(F)c(F)c1)N(C)Cc1cnc(N)s1. The van der Waals surface area contributed by atoms with Crippen LogP contribution in [0, 0.1) is 11.6 Å². The molecule has 0 bridgehead atoms. The van der Waals surface area contributed by atoms with Crippen molar-refractivity contribution in [1.29, 1.82) is 0 Å². The van der Waals surface area contributed by atoms with Crippen molar-refractivity contribution in [3.63, 3.8) is 0 Å². The average Bonchev–Trinajstić information content (AvgIpc) is 2.77. The van der Waals surface area contributed by atoms with Gasteiger partial charge in [0.15, 0.2) is 16.8 Å². The Kier molecular flexibility index (Phi) is 4.11. The molecule has 0 radical (unpaired) electrons. The molecule has 0 amide bonds. The average molecular weight is 283 g/mol. The number of hydrogen-bond donors (Lipinski definition) is 1. The van der Waals surface area contributed by atoms with Crippen LogP contribution < -0.4 is 5.73 Å². The number of benzene rings is 1. The number of nitrogen functional groups attached to an aromatic ring is 1. The molecule has 3 nitrogen and oxygen atoms in total. The van der Waals surface area contributed by atoms with Gasteiger partial charge < -0.3 is 5.73 Å². The van der Waals surface area contributed by atoms with Gasteiger partial charge in [0.1, 0.15) is 0 Å². The molecule has 0 saturated heterocycles. The van der Waals surface area contributed by atoms with E-state index in [0.717, 1.165) is 16.5 Å². The highest BCUT2D eigenvalue weighted by molar-refractivity contribution is 7.15. The van der Waals surface area contributed by atoms with Crippen molar-refractivity contribution >= 4 is 16.5 Å². The van der Waals surface area contributed by atoms with E-state index in [1.807, 2.05) is 18.9 Å². The number of aromatic nitrogens is 1. The largest absolute Gasteiger partial charge is 0.375 e. The highest BCUT2D eigenvalue weighted by atomic mass is 32.1. The van der Waals surface area contributed by atoms with Crippen molar-refractivity contribution < 1.29 is 8.78 Å². The van der Waals surface area contributed by atoms with Gasteiger partial charge in [-0.2, -0.15) is 0 Å². The summed E-state index contributed by atoms with van der Waals surface area (Å²) in [7, 11) is 1.92. The summed E-state index contributed by atoms with van der Waals surface area (Å²) in [6.45, 7) is 2.60. The van der Waals surface area contributed by atoms with Crippen molar-refractivity contribution in [3.05, 3.63) is 46.5 Å². The van der Waals surface area contributed by atoms with E-state index >= 15 is 0 Å². The molecule has 1 aromatic heterocycles. The fraction of sp³-hybridized carbons (Fsp3) is 0.308. The van der Waals surface area contributed by atoms with E-state index in [-0.39, 0.29) is 6.04 Å². The maximum absolute atomic E-state index is 13.2. The second-order valence-electron chi connectivity index (χ2n) is 4.43. The first-order chi connectivity index (χ1) is 8.97. The molecule has 6 heteroatoms. The first kappa shape index (κ1) is 13.9. The van der Waals surface area contributed by atoms with Crippen LogP contribution in [0.1, 0.15) is 23.4 Å². The maximum atomic E-state index is 13.2. The van der Waals surface area contributed by atoms with E-state index in [9.17, 15) is 8.78 Å². The number of anilines is 1. The van der Waals surface area contributed by atoms with Crippen LogP contribution in [-0.4, -0.2) is 16.9 Å². The lowest BCUT2D eigenvalue weighted by molar-refractivity contribution is 0.254. The van der Waals surface area contributed by atoms with Gasteiger partial charge in [-0.15, -0.1) is 11.3 Å². The summed E-state index contributed by atoms with van der Waals surface area (Å²) in [4.78, 5) is 7.05. The maximum Gasteiger partial charge on any atom is 0.180 e. The van der Waals surface area contributed by atoms with Crippen LogP contribution in [0.4, 0.5) is 13.9 Å². The van der Waals surface area contributed by atoms with Gasteiger partial charge in [-0.05, 0) is 31.7 Å². The predicted octanol–water partition coefficient (Wildman–Crippen LogP) is 3.20. The van der Waals surface area contributed by atoms with Gasteiger partial charge in [0.2, 0.25) is 0 Å². The molecule has 0 aliphatic carbocycles. The highest BCUT2D eigenvalue weighted by Gasteiger charge is 2.15. The molecule has 0 spiro atoms. The van der Waals surface area contributed by atoms with E-state index in [2.05, 4.69) is 4.98 Å². The molecular weight excluding hydrogens is 268 g/mol. The summed E-state index contributed by atoms with van der Waals surface area (Å²) in [5, 5.41) is 0.531. The molecule has 1 heterocycles. The van der Waals surface area contributed by atoms with E-state index in [1.165, 1.54) is 17.4 Å². The zero-order valence-electron chi connectivity index (χ0n) is 10.7. The number of halogens is 2.